The molecule has 1 aliphatic rings. The number of methoxy groups -OCH3 is 1. The fraction of sp³-hybridized carbons (Fsp3) is 0.400. The van der Waals surface area contributed by atoms with E-state index in [1.807, 2.05) is 0 Å². The van der Waals surface area contributed by atoms with Gasteiger partial charge in [0.25, 0.3) is 0 Å². The fourth-order valence-electron chi connectivity index (χ4n) is 1.36. The number of hydrogen-bond donors (Lipinski definition) is 0. The van der Waals surface area contributed by atoms with Gasteiger partial charge in [-0.05, 0) is 6.07 Å². The molecule has 0 unspecified atom stereocenters. The van der Waals surface area contributed by atoms with Gasteiger partial charge in [-0.1, -0.05) is 0 Å². The normalized spacial score (nSPS) is 15.6. The van der Waals surface area contributed by atoms with Gasteiger partial charge in [-0.15, -0.1) is 11.8 Å². The van der Waals surface area contributed by atoms with Crippen LogP contribution < -0.4 is 4.74 Å². The van der Waals surface area contributed by atoms with E-state index in [4.69, 9.17) is 9.47 Å². The van der Waals surface area contributed by atoms with E-state index in [-0.39, 0.29) is 5.69 Å². The van der Waals surface area contributed by atoms with Gasteiger partial charge in [0.1, 0.15) is 0 Å². The van der Waals surface area contributed by atoms with Gasteiger partial charge in [0, 0.05) is 17.0 Å². The second-order valence-electron chi connectivity index (χ2n) is 3.37. The van der Waals surface area contributed by atoms with Crippen LogP contribution in [0, 0.1) is 10.1 Å². The van der Waals surface area contributed by atoms with Gasteiger partial charge in [-0.25, -0.2) is 0 Å². The topological polar surface area (TPSA) is 61.6 Å². The number of benzene rings is 1. The summed E-state index contributed by atoms with van der Waals surface area (Å²) in [5.41, 5.74) is -0.00305. The minimum absolute atomic E-state index is 0.00305. The minimum Gasteiger partial charge on any atom is -0.490 e. The van der Waals surface area contributed by atoms with E-state index in [0.29, 0.717) is 11.0 Å². The van der Waals surface area contributed by atoms with Crippen LogP contribution in [0.1, 0.15) is 0 Å². The van der Waals surface area contributed by atoms with Crippen LogP contribution in [0.3, 0.4) is 0 Å². The molecule has 0 spiro atoms. The Kier molecular flexibility index (Phi) is 3.31. The molecule has 1 aromatic rings. The summed E-state index contributed by atoms with van der Waals surface area (Å²) in [5.74, 6) is 0.301. The van der Waals surface area contributed by atoms with E-state index >= 15 is 0 Å². The maximum absolute atomic E-state index is 10.7. The molecule has 5 nitrogen and oxygen atoms in total. The number of thioether (sulfide) groups is 1. The first-order valence-corrected chi connectivity index (χ1v) is 5.65. The molecule has 86 valence electrons. The molecular weight excluding hydrogens is 230 g/mol. The van der Waals surface area contributed by atoms with Crippen LogP contribution in [0.5, 0.6) is 5.75 Å². The monoisotopic (exact) mass is 241 g/mol. The van der Waals surface area contributed by atoms with E-state index in [2.05, 4.69) is 0 Å². The lowest BCUT2D eigenvalue weighted by Gasteiger charge is -2.25. The highest BCUT2D eigenvalue weighted by Gasteiger charge is 2.21. The third kappa shape index (κ3) is 2.28. The molecule has 1 aromatic carbocycles. The number of rotatable bonds is 4. The summed E-state index contributed by atoms with van der Waals surface area (Å²) in [6.07, 6.45) is 0. The molecule has 0 aromatic heterocycles. The van der Waals surface area contributed by atoms with Crippen LogP contribution in [0.25, 0.3) is 0 Å². The molecule has 0 radical (unpaired) electrons. The van der Waals surface area contributed by atoms with Crippen LogP contribution in [0.2, 0.25) is 0 Å². The first kappa shape index (κ1) is 11.2. The molecule has 0 saturated carbocycles. The van der Waals surface area contributed by atoms with Crippen molar-refractivity contribution in [3.63, 3.8) is 0 Å². The lowest BCUT2D eigenvalue weighted by Crippen LogP contribution is -2.29. The third-order valence-corrected chi connectivity index (χ3v) is 3.39. The van der Waals surface area contributed by atoms with Crippen molar-refractivity contribution in [3.8, 4) is 5.75 Å². The minimum atomic E-state index is -0.445. The summed E-state index contributed by atoms with van der Waals surface area (Å²) < 4.78 is 10.1. The lowest BCUT2D eigenvalue weighted by atomic mass is 10.3. The van der Waals surface area contributed by atoms with E-state index < -0.39 is 4.92 Å². The Morgan fingerprint density at radius 2 is 2.31 bits per heavy atom. The van der Waals surface area contributed by atoms with Gasteiger partial charge in [-0.2, -0.15) is 0 Å². The summed E-state index contributed by atoms with van der Waals surface area (Å²) in [4.78, 5) is 11.2. The van der Waals surface area contributed by atoms with Crippen LogP contribution in [0.4, 0.5) is 5.69 Å². The van der Waals surface area contributed by atoms with Crippen molar-refractivity contribution in [3.05, 3.63) is 28.3 Å². The maximum Gasteiger partial charge on any atom is 0.310 e. The molecule has 6 heteroatoms. The predicted octanol–water partition coefficient (Wildman–Crippen LogP) is 2.09. The highest BCUT2D eigenvalue weighted by Crippen LogP contribution is 2.34. The zero-order chi connectivity index (χ0) is 11.5. The molecule has 1 heterocycles. The second kappa shape index (κ2) is 4.71. The molecule has 1 saturated heterocycles. The summed E-state index contributed by atoms with van der Waals surface area (Å²) in [6.45, 7) is 1.48. The van der Waals surface area contributed by atoms with Crippen LogP contribution in [-0.2, 0) is 4.74 Å². The highest BCUT2D eigenvalue weighted by molar-refractivity contribution is 8.00. The van der Waals surface area contributed by atoms with E-state index in [0.717, 1.165) is 18.1 Å². The average Bonchev–Trinajstić information content (AvgIpc) is 2.23. The molecule has 0 N–H and O–H groups in total. The van der Waals surface area contributed by atoms with Gasteiger partial charge < -0.3 is 9.47 Å². The molecule has 1 aliphatic heterocycles. The van der Waals surface area contributed by atoms with Crippen molar-refractivity contribution in [2.75, 3.05) is 20.3 Å². The second-order valence-corrected chi connectivity index (χ2v) is 4.74. The zero-order valence-corrected chi connectivity index (χ0v) is 9.53. The van der Waals surface area contributed by atoms with Crippen molar-refractivity contribution in [2.45, 2.75) is 10.1 Å². The largest absolute Gasteiger partial charge is 0.490 e. The molecule has 0 atom stereocenters. The SMILES string of the molecule is COc1cc(SC2COC2)ccc1[N+](=O)[O-]. The van der Waals surface area contributed by atoms with Crippen molar-refractivity contribution in [2.24, 2.45) is 0 Å². The Morgan fingerprint density at radius 3 is 2.81 bits per heavy atom. The number of hydrogen-bond acceptors (Lipinski definition) is 5. The van der Waals surface area contributed by atoms with Gasteiger partial charge in [0.15, 0.2) is 5.75 Å². The standard InChI is InChI=1S/C10H11NO4S/c1-14-10-4-7(16-8-5-15-6-8)2-3-9(10)11(12)13/h2-4,8H,5-6H2,1H3. The third-order valence-electron chi connectivity index (χ3n) is 2.26. The lowest BCUT2D eigenvalue weighted by molar-refractivity contribution is -0.385. The van der Waals surface area contributed by atoms with Crippen LogP contribution in [0.15, 0.2) is 23.1 Å². The zero-order valence-electron chi connectivity index (χ0n) is 8.71. The summed E-state index contributed by atoms with van der Waals surface area (Å²) in [6, 6.07) is 4.91. The van der Waals surface area contributed by atoms with Crippen LogP contribution >= 0.6 is 11.8 Å². The van der Waals surface area contributed by atoms with Crippen molar-refractivity contribution < 1.29 is 14.4 Å². The number of nitrogens with zero attached hydrogens (tertiary/aromatic N) is 1. The van der Waals surface area contributed by atoms with E-state index in [1.54, 1.807) is 23.9 Å². The first-order valence-electron chi connectivity index (χ1n) is 4.77. The Morgan fingerprint density at radius 1 is 1.56 bits per heavy atom. The molecule has 2 rings (SSSR count). The molecule has 16 heavy (non-hydrogen) atoms. The Bertz CT molecular complexity index is 406. The van der Waals surface area contributed by atoms with Crippen molar-refractivity contribution >= 4 is 17.4 Å². The van der Waals surface area contributed by atoms with Gasteiger partial charge >= 0.3 is 5.69 Å². The number of ether oxygens (including phenoxy) is 2. The average molecular weight is 241 g/mol. The Hall–Kier alpha value is -1.27. The summed E-state index contributed by atoms with van der Waals surface area (Å²) in [5, 5.41) is 11.1. The summed E-state index contributed by atoms with van der Waals surface area (Å²) in [7, 11) is 1.43. The number of nitro benzene ring substituents is 1. The molecular formula is C10H11NO4S. The maximum atomic E-state index is 10.7. The van der Waals surface area contributed by atoms with Gasteiger partial charge in [0.05, 0.1) is 30.5 Å². The predicted molar refractivity (Wildman–Crippen MR) is 60.1 cm³/mol. The first-order chi connectivity index (χ1) is 7.70. The molecule has 1 fully saturated rings. The molecule has 0 bridgehead atoms. The summed E-state index contributed by atoms with van der Waals surface area (Å²) >= 11 is 1.65. The Balaban J connectivity index is 2.18. The van der Waals surface area contributed by atoms with E-state index in [9.17, 15) is 10.1 Å². The van der Waals surface area contributed by atoms with Crippen LogP contribution in [-0.4, -0.2) is 30.5 Å². The quantitative estimate of drug-likeness (QED) is 0.596. The fourth-order valence-corrected chi connectivity index (χ4v) is 2.39. The molecule has 0 amide bonds. The van der Waals surface area contributed by atoms with Crippen molar-refractivity contribution in [1.29, 1.82) is 0 Å². The van der Waals surface area contributed by atoms with Crippen molar-refractivity contribution in [1.82, 2.24) is 0 Å². The number of nitro groups is 1. The highest BCUT2D eigenvalue weighted by atomic mass is 32.2. The smallest absolute Gasteiger partial charge is 0.310 e. The van der Waals surface area contributed by atoms with E-state index in [1.165, 1.54) is 13.2 Å². The Labute approximate surface area is 96.9 Å². The van der Waals surface area contributed by atoms with Gasteiger partial charge in [0.2, 0.25) is 0 Å². The van der Waals surface area contributed by atoms with Gasteiger partial charge in [-0.3, -0.25) is 10.1 Å². The molecule has 0 aliphatic carbocycles.